The maximum Gasteiger partial charge on any atom is 0.407 e. The zero-order chi connectivity index (χ0) is 20.0. The number of hydrogen-bond acceptors (Lipinski definition) is 5. The van der Waals surface area contributed by atoms with Crippen LogP contribution in [0.4, 0.5) is 4.79 Å². The third-order valence-electron chi connectivity index (χ3n) is 3.20. The van der Waals surface area contributed by atoms with Gasteiger partial charge in [-0.05, 0) is 52.7 Å². The average molecular weight is 510 g/mol. The average Bonchev–Trinajstić information content (AvgIpc) is 3.09. The number of nitrogens with one attached hydrogen (secondary N) is 3. The van der Waals surface area contributed by atoms with Gasteiger partial charge in [0.1, 0.15) is 18.0 Å². The molecule has 1 aromatic heterocycles. The molecular weight excluding hydrogens is 475 g/mol. The van der Waals surface area contributed by atoms with E-state index in [-0.39, 0.29) is 24.0 Å². The largest absolute Gasteiger partial charge is 0.467 e. The summed E-state index contributed by atoms with van der Waals surface area (Å²) in [6.45, 7) is 11.4. The number of halogens is 1. The van der Waals surface area contributed by atoms with Gasteiger partial charge < -0.3 is 29.8 Å². The van der Waals surface area contributed by atoms with E-state index >= 15 is 0 Å². The molecule has 0 radical (unpaired) electrons. The number of hydrogen-bond donors (Lipinski definition) is 3. The van der Waals surface area contributed by atoms with E-state index in [1.807, 2.05) is 39.8 Å². The molecule has 1 heterocycles. The Morgan fingerprint density at radius 3 is 2.57 bits per heavy atom. The van der Waals surface area contributed by atoms with Crippen LogP contribution in [0.3, 0.4) is 0 Å². The molecule has 0 aliphatic rings. The SMILES string of the molecule is CCNC(=NCCCNC(=O)OC(C)(C)C)NCCCOCc1ccco1.I. The molecule has 0 saturated heterocycles. The molecule has 0 atom stereocenters. The van der Waals surface area contributed by atoms with Gasteiger partial charge in [-0.2, -0.15) is 0 Å². The molecule has 0 aliphatic carbocycles. The van der Waals surface area contributed by atoms with E-state index in [0.29, 0.717) is 26.3 Å². The number of alkyl carbamates (subject to hydrolysis) is 1. The van der Waals surface area contributed by atoms with E-state index in [2.05, 4.69) is 20.9 Å². The number of carbonyl (C=O) groups excluding carboxylic acids is 1. The van der Waals surface area contributed by atoms with Crippen LogP contribution in [0, 0.1) is 0 Å². The Kier molecular flexibility index (Phi) is 14.6. The Morgan fingerprint density at radius 2 is 1.93 bits per heavy atom. The first-order valence-electron chi connectivity index (χ1n) is 9.50. The van der Waals surface area contributed by atoms with Crippen LogP contribution in [0.2, 0.25) is 0 Å². The standard InChI is InChI=1S/C19H34N4O4.HI/c1-5-20-17(21-10-7-11-23-18(24)27-19(2,3)4)22-12-8-13-25-15-16-9-6-14-26-16;/h6,9,14H,5,7-8,10-13,15H2,1-4H3,(H,23,24)(H2,20,21,22);1H. The third-order valence-corrected chi connectivity index (χ3v) is 3.20. The highest BCUT2D eigenvalue weighted by molar-refractivity contribution is 14.0. The highest BCUT2D eigenvalue weighted by atomic mass is 127. The maximum atomic E-state index is 11.5. The first kappa shape index (κ1) is 26.5. The lowest BCUT2D eigenvalue weighted by atomic mass is 10.2. The minimum absolute atomic E-state index is 0. The van der Waals surface area contributed by atoms with Gasteiger partial charge in [0.2, 0.25) is 0 Å². The molecule has 3 N–H and O–H groups in total. The summed E-state index contributed by atoms with van der Waals surface area (Å²) in [7, 11) is 0. The lowest BCUT2D eigenvalue weighted by Crippen LogP contribution is -2.38. The summed E-state index contributed by atoms with van der Waals surface area (Å²) in [6.07, 6.45) is 2.85. The molecule has 0 saturated carbocycles. The van der Waals surface area contributed by atoms with Gasteiger partial charge in [0.05, 0.1) is 6.26 Å². The summed E-state index contributed by atoms with van der Waals surface area (Å²) in [4.78, 5) is 16.0. The number of nitrogens with zero attached hydrogens (tertiary/aromatic N) is 1. The van der Waals surface area contributed by atoms with Crippen molar-refractivity contribution in [3.63, 3.8) is 0 Å². The highest BCUT2D eigenvalue weighted by Crippen LogP contribution is 2.06. The molecule has 0 aliphatic heterocycles. The number of amides is 1. The van der Waals surface area contributed by atoms with Crippen LogP contribution in [0.1, 0.15) is 46.3 Å². The van der Waals surface area contributed by atoms with Crippen molar-refractivity contribution in [2.75, 3.05) is 32.8 Å². The third kappa shape index (κ3) is 14.6. The number of guanidine groups is 1. The predicted octanol–water partition coefficient (Wildman–Crippen LogP) is 3.27. The Morgan fingerprint density at radius 1 is 1.18 bits per heavy atom. The van der Waals surface area contributed by atoms with Crippen LogP contribution < -0.4 is 16.0 Å². The van der Waals surface area contributed by atoms with Gasteiger partial charge in [0, 0.05) is 32.8 Å². The van der Waals surface area contributed by atoms with Crippen molar-refractivity contribution in [3.8, 4) is 0 Å². The molecular formula is C19H35IN4O4. The molecule has 1 rings (SSSR count). The lowest BCUT2D eigenvalue weighted by Gasteiger charge is -2.19. The minimum atomic E-state index is -0.480. The van der Waals surface area contributed by atoms with Crippen molar-refractivity contribution >= 4 is 36.0 Å². The molecule has 0 fully saturated rings. The van der Waals surface area contributed by atoms with Crippen molar-refractivity contribution in [2.45, 2.75) is 52.7 Å². The first-order valence-corrected chi connectivity index (χ1v) is 9.50. The number of rotatable bonds is 11. The summed E-state index contributed by atoms with van der Waals surface area (Å²) < 4.78 is 15.9. The lowest BCUT2D eigenvalue weighted by molar-refractivity contribution is 0.0527. The van der Waals surface area contributed by atoms with Gasteiger partial charge >= 0.3 is 6.09 Å². The zero-order valence-corrected chi connectivity index (χ0v) is 19.7. The highest BCUT2D eigenvalue weighted by Gasteiger charge is 2.15. The van der Waals surface area contributed by atoms with Crippen molar-refractivity contribution < 1.29 is 18.7 Å². The van der Waals surface area contributed by atoms with Gasteiger partial charge in [0.15, 0.2) is 5.96 Å². The summed E-state index contributed by atoms with van der Waals surface area (Å²) in [6, 6.07) is 3.74. The molecule has 162 valence electrons. The monoisotopic (exact) mass is 510 g/mol. The normalized spacial score (nSPS) is 11.5. The summed E-state index contributed by atoms with van der Waals surface area (Å²) >= 11 is 0. The second-order valence-electron chi connectivity index (χ2n) is 6.96. The van der Waals surface area contributed by atoms with Crippen LogP contribution in [0.5, 0.6) is 0 Å². The number of furan rings is 1. The van der Waals surface area contributed by atoms with E-state index in [9.17, 15) is 4.79 Å². The number of aliphatic imine (C=N–C) groups is 1. The maximum absolute atomic E-state index is 11.5. The predicted molar refractivity (Wildman–Crippen MR) is 121 cm³/mol. The van der Waals surface area contributed by atoms with Crippen LogP contribution in [-0.4, -0.2) is 50.4 Å². The molecule has 9 heteroatoms. The van der Waals surface area contributed by atoms with E-state index in [0.717, 1.165) is 37.7 Å². The molecule has 1 aromatic rings. The summed E-state index contributed by atoms with van der Waals surface area (Å²) in [5.74, 6) is 1.60. The van der Waals surface area contributed by atoms with Gasteiger partial charge in [-0.25, -0.2) is 4.79 Å². The quantitative estimate of drug-likeness (QED) is 0.183. The molecule has 28 heavy (non-hydrogen) atoms. The molecule has 0 aromatic carbocycles. The Hall–Kier alpha value is -1.49. The fourth-order valence-corrected chi connectivity index (χ4v) is 2.06. The molecule has 8 nitrogen and oxygen atoms in total. The zero-order valence-electron chi connectivity index (χ0n) is 17.4. The Labute approximate surface area is 185 Å². The Balaban J connectivity index is 0.00000729. The number of carbonyl (C=O) groups is 1. The molecule has 1 amide bonds. The van der Waals surface area contributed by atoms with Crippen molar-refractivity contribution in [2.24, 2.45) is 4.99 Å². The second kappa shape index (κ2) is 15.4. The van der Waals surface area contributed by atoms with Gasteiger partial charge in [-0.1, -0.05) is 0 Å². The van der Waals surface area contributed by atoms with E-state index in [4.69, 9.17) is 13.9 Å². The van der Waals surface area contributed by atoms with Crippen molar-refractivity contribution in [1.82, 2.24) is 16.0 Å². The van der Waals surface area contributed by atoms with E-state index in [1.54, 1.807) is 6.26 Å². The smallest absolute Gasteiger partial charge is 0.407 e. The van der Waals surface area contributed by atoms with E-state index in [1.165, 1.54) is 0 Å². The summed E-state index contributed by atoms with van der Waals surface area (Å²) in [5.41, 5.74) is -0.480. The molecule has 0 spiro atoms. The molecule has 0 unspecified atom stereocenters. The van der Waals surface area contributed by atoms with Crippen LogP contribution in [0.15, 0.2) is 27.8 Å². The van der Waals surface area contributed by atoms with Gasteiger partial charge in [0.25, 0.3) is 0 Å². The van der Waals surface area contributed by atoms with Crippen molar-refractivity contribution in [1.29, 1.82) is 0 Å². The second-order valence-corrected chi connectivity index (χ2v) is 6.96. The van der Waals surface area contributed by atoms with Crippen LogP contribution >= 0.6 is 24.0 Å². The fourth-order valence-electron chi connectivity index (χ4n) is 2.06. The van der Waals surface area contributed by atoms with Gasteiger partial charge in [-0.3, -0.25) is 4.99 Å². The molecule has 0 bridgehead atoms. The first-order chi connectivity index (χ1) is 12.9. The Bertz CT molecular complexity index is 545. The van der Waals surface area contributed by atoms with Crippen LogP contribution in [-0.2, 0) is 16.1 Å². The van der Waals surface area contributed by atoms with Crippen molar-refractivity contribution in [3.05, 3.63) is 24.2 Å². The fraction of sp³-hybridized carbons (Fsp3) is 0.684. The summed E-state index contributed by atoms with van der Waals surface area (Å²) in [5, 5.41) is 9.19. The number of ether oxygens (including phenoxy) is 2. The van der Waals surface area contributed by atoms with Crippen LogP contribution in [0.25, 0.3) is 0 Å². The topological polar surface area (TPSA) is 97.1 Å². The van der Waals surface area contributed by atoms with Gasteiger partial charge in [-0.15, -0.1) is 24.0 Å². The minimum Gasteiger partial charge on any atom is -0.467 e. The van der Waals surface area contributed by atoms with E-state index < -0.39 is 11.7 Å².